The third-order valence-corrected chi connectivity index (χ3v) is 2.76. The summed E-state index contributed by atoms with van der Waals surface area (Å²) in [4.78, 5) is 10.6. The maximum absolute atomic E-state index is 10.6. The van der Waals surface area contributed by atoms with Crippen LogP contribution in [-0.4, -0.2) is 17.5 Å². The highest BCUT2D eigenvalue weighted by molar-refractivity contribution is 8.13. The van der Waals surface area contributed by atoms with Gasteiger partial charge in [-0.1, -0.05) is 30.0 Å². The second-order valence-electron chi connectivity index (χ2n) is 3.21. The zero-order chi connectivity index (χ0) is 10.9. The molecule has 0 aromatic heterocycles. The average molecular weight is 224 g/mol. The molecule has 1 aromatic rings. The summed E-state index contributed by atoms with van der Waals surface area (Å²) in [6.45, 7) is 2.33. The fourth-order valence-corrected chi connectivity index (χ4v) is 1.76. The summed E-state index contributed by atoms with van der Waals surface area (Å²) in [5.41, 5.74) is 0. The monoisotopic (exact) mass is 224 g/mol. The molecule has 0 spiro atoms. The lowest BCUT2D eigenvalue weighted by molar-refractivity contribution is -0.109. The van der Waals surface area contributed by atoms with Crippen molar-refractivity contribution in [1.29, 1.82) is 0 Å². The van der Waals surface area contributed by atoms with Gasteiger partial charge in [-0.05, 0) is 25.0 Å². The van der Waals surface area contributed by atoms with Crippen LogP contribution in [0.1, 0.15) is 19.8 Å². The van der Waals surface area contributed by atoms with Crippen LogP contribution in [0, 0.1) is 0 Å². The van der Waals surface area contributed by atoms with Crippen molar-refractivity contribution in [2.75, 3.05) is 12.4 Å². The van der Waals surface area contributed by atoms with E-state index in [1.807, 2.05) is 30.3 Å². The van der Waals surface area contributed by atoms with Crippen molar-refractivity contribution in [3.8, 4) is 5.75 Å². The number of rotatable bonds is 6. The molecule has 0 N–H and O–H groups in total. The van der Waals surface area contributed by atoms with Gasteiger partial charge in [0.25, 0.3) is 0 Å². The van der Waals surface area contributed by atoms with Gasteiger partial charge in [0, 0.05) is 12.7 Å². The summed E-state index contributed by atoms with van der Waals surface area (Å²) in [6, 6.07) is 9.78. The lowest BCUT2D eigenvalue weighted by Gasteiger charge is -2.04. The van der Waals surface area contributed by atoms with Gasteiger partial charge in [0.2, 0.25) is 0 Å². The largest absolute Gasteiger partial charge is 0.494 e. The molecule has 0 aliphatic carbocycles. The Bertz CT molecular complexity index is 285. The van der Waals surface area contributed by atoms with Gasteiger partial charge in [-0.25, -0.2) is 0 Å². The van der Waals surface area contributed by atoms with E-state index in [1.54, 1.807) is 6.92 Å². The van der Waals surface area contributed by atoms with Crippen LogP contribution < -0.4 is 4.74 Å². The van der Waals surface area contributed by atoms with Crippen LogP contribution in [0.25, 0.3) is 0 Å². The topological polar surface area (TPSA) is 26.3 Å². The lowest BCUT2D eigenvalue weighted by atomic mass is 10.3. The van der Waals surface area contributed by atoms with E-state index in [0.29, 0.717) is 0 Å². The molecule has 0 bridgehead atoms. The summed E-state index contributed by atoms with van der Waals surface area (Å²) in [6.07, 6.45) is 2.02. The standard InChI is InChI=1S/C12H16O2S/c1-11(13)15-10-6-5-9-14-12-7-3-2-4-8-12/h2-4,7-8H,5-6,9-10H2,1H3. The summed E-state index contributed by atoms with van der Waals surface area (Å²) in [5, 5.41) is 0.193. The predicted molar refractivity (Wildman–Crippen MR) is 64.3 cm³/mol. The molecule has 0 saturated carbocycles. The van der Waals surface area contributed by atoms with Crippen LogP contribution in [0.15, 0.2) is 30.3 Å². The molecule has 0 aliphatic rings. The van der Waals surface area contributed by atoms with E-state index in [-0.39, 0.29) is 5.12 Å². The van der Waals surface area contributed by atoms with Crippen LogP contribution in [-0.2, 0) is 4.79 Å². The number of thioether (sulfide) groups is 1. The molecular weight excluding hydrogens is 208 g/mol. The number of carbonyl (C=O) groups excluding carboxylic acids is 1. The minimum absolute atomic E-state index is 0.193. The number of ether oxygens (including phenoxy) is 1. The third-order valence-electron chi connectivity index (χ3n) is 1.86. The molecule has 15 heavy (non-hydrogen) atoms. The summed E-state index contributed by atoms with van der Waals surface area (Å²) < 4.78 is 5.52. The number of hydrogen-bond acceptors (Lipinski definition) is 3. The van der Waals surface area contributed by atoms with Crippen molar-refractivity contribution in [2.24, 2.45) is 0 Å². The molecule has 0 unspecified atom stereocenters. The Hall–Kier alpha value is -0.960. The Kier molecular flexibility index (Phi) is 5.93. The fourth-order valence-electron chi connectivity index (χ4n) is 1.13. The van der Waals surface area contributed by atoms with Crippen molar-refractivity contribution in [3.05, 3.63) is 30.3 Å². The van der Waals surface area contributed by atoms with Gasteiger partial charge in [0.1, 0.15) is 5.75 Å². The molecular formula is C12H16O2S. The smallest absolute Gasteiger partial charge is 0.185 e. The summed E-state index contributed by atoms with van der Waals surface area (Å²) >= 11 is 1.38. The van der Waals surface area contributed by atoms with E-state index < -0.39 is 0 Å². The first-order valence-electron chi connectivity index (χ1n) is 5.10. The Morgan fingerprint density at radius 1 is 1.27 bits per heavy atom. The van der Waals surface area contributed by atoms with E-state index in [2.05, 4.69) is 0 Å². The summed E-state index contributed by atoms with van der Waals surface area (Å²) in [5.74, 6) is 1.81. The van der Waals surface area contributed by atoms with E-state index in [9.17, 15) is 4.79 Å². The first-order valence-corrected chi connectivity index (χ1v) is 6.09. The number of hydrogen-bond donors (Lipinski definition) is 0. The van der Waals surface area contributed by atoms with Crippen molar-refractivity contribution in [2.45, 2.75) is 19.8 Å². The lowest BCUT2D eigenvalue weighted by Crippen LogP contribution is -1.98. The quantitative estimate of drug-likeness (QED) is 0.694. The molecule has 3 heteroatoms. The van der Waals surface area contributed by atoms with Crippen LogP contribution >= 0.6 is 11.8 Å². The Labute approximate surface area is 95.0 Å². The zero-order valence-electron chi connectivity index (χ0n) is 8.94. The highest BCUT2D eigenvalue weighted by Gasteiger charge is 1.95. The maximum Gasteiger partial charge on any atom is 0.185 e. The van der Waals surface area contributed by atoms with Crippen molar-refractivity contribution in [3.63, 3.8) is 0 Å². The van der Waals surface area contributed by atoms with Gasteiger partial charge in [0.15, 0.2) is 5.12 Å². The Morgan fingerprint density at radius 3 is 2.67 bits per heavy atom. The van der Waals surface area contributed by atoms with Crippen molar-refractivity contribution < 1.29 is 9.53 Å². The second kappa shape index (κ2) is 7.35. The average Bonchev–Trinajstić information content (AvgIpc) is 2.24. The van der Waals surface area contributed by atoms with Crippen LogP contribution in [0.3, 0.4) is 0 Å². The van der Waals surface area contributed by atoms with Gasteiger partial charge in [0.05, 0.1) is 6.61 Å². The predicted octanol–water partition coefficient (Wildman–Crippen LogP) is 3.13. The molecule has 0 amide bonds. The van der Waals surface area contributed by atoms with E-state index in [1.165, 1.54) is 11.8 Å². The van der Waals surface area contributed by atoms with Crippen molar-refractivity contribution >= 4 is 16.9 Å². The fraction of sp³-hybridized carbons (Fsp3) is 0.417. The minimum atomic E-state index is 0.193. The van der Waals surface area contributed by atoms with Crippen LogP contribution in [0.2, 0.25) is 0 Å². The van der Waals surface area contributed by atoms with E-state index >= 15 is 0 Å². The molecule has 0 atom stereocenters. The molecule has 82 valence electrons. The van der Waals surface area contributed by atoms with Gasteiger partial charge in [-0.2, -0.15) is 0 Å². The minimum Gasteiger partial charge on any atom is -0.494 e. The number of unbranched alkanes of at least 4 members (excludes halogenated alkanes) is 1. The van der Waals surface area contributed by atoms with E-state index in [0.717, 1.165) is 31.0 Å². The normalized spacial score (nSPS) is 9.93. The van der Waals surface area contributed by atoms with Crippen LogP contribution in [0.5, 0.6) is 5.75 Å². The van der Waals surface area contributed by atoms with Gasteiger partial charge >= 0.3 is 0 Å². The molecule has 0 heterocycles. The first-order chi connectivity index (χ1) is 7.29. The Balaban J connectivity index is 2.00. The Morgan fingerprint density at radius 2 is 2.00 bits per heavy atom. The molecule has 0 aliphatic heterocycles. The van der Waals surface area contributed by atoms with Crippen LogP contribution in [0.4, 0.5) is 0 Å². The van der Waals surface area contributed by atoms with Gasteiger partial charge in [-0.3, -0.25) is 4.79 Å². The first kappa shape index (κ1) is 12.1. The number of para-hydroxylation sites is 1. The second-order valence-corrected chi connectivity index (χ2v) is 4.48. The van der Waals surface area contributed by atoms with E-state index in [4.69, 9.17) is 4.74 Å². The number of benzene rings is 1. The molecule has 0 saturated heterocycles. The third kappa shape index (κ3) is 6.18. The highest BCUT2D eigenvalue weighted by Crippen LogP contribution is 2.10. The summed E-state index contributed by atoms with van der Waals surface area (Å²) in [7, 11) is 0. The molecule has 2 nitrogen and oxygen atoms in total. The maximum atomic E-state index is 10.6. The molecule has 0 radical (unpaired) electrons. The molecule has 1 rings (SSSR count). The van der Waals surface area contributed by atoms with Crippen molar-refractivity contribution in [1.82, 2.24) is 0 Å². The van der Waals surface area contributed by atoms with Gasteiger partial charge in [-0.15, -0.1) is 0 Å². The highest BCUT2D eigenvalue weighted by atomic mass is 32.2. The number of carbonyl (C=O) groups is 1. The molecule has 0 fully saturated rings. The van der Waals surface area contributed by atoms with Gasteiger partial charge < -0.3 is 4.74 Å². The zero-order valence-corrected chi connectivity index (χ0v) is 9.76. The molecule has 1 aromatic carbocycles. The SMILES string of the molecule is CC(=O)SCCCCOc1ccccc1.